The van der Waals surface area contributed by atoms with Crippen molar-refractivity contribution in [3.05, 3.63) is 42.4 Å². The predicted molar refractivity (Wildman–Crippen MR) is 64.6 cm³/mol. The fourth-order valence-corrected chi connectivity index (χ4v) is 1.34. The molecule has 0 aliphatic rings. The molecule has 0 aliphatic carbocycles. The number of carbonyl (C=O) groups is 1. The van der Waals surface area contributed by atoms with Gasteiger partial charge in [-0.15, -0.1) is 0 Å². The molecule has 1 amide bonds. The number of anilines is 1. The number of pyridine rings is 2. The lowest BCUT2D eigenvalue weighted by atomic mass is 10.3. The van der Waals surface area contributed by atoms with Gasteiger partial charge in [-0.1, -0.05) is 0 Å². The molecule has 2 aromatic heterocycles. The van der Waals surface area contributed by atoms with Gasteiger partial charge in [0.1, 0.15) is 5.75 Å². The van der Waals surface area contributed by atoms with Crippen molar-refractivity contribution < 1.29 is 14.6 Å². The molecular formula is C12H11N3O3. The van der Waals surface area contributed by atoms with Crippen molar-refractivity contribution in [2.75, 3.05) is 12.4 Å². The van der Waals surface area contributed by atoms with Crippen LogP contribution in [0.3, 0.4) is 0 Å². The summed E-state index contributed by atoms with van der Waals surface area (Å²) in [6.45, 7) is 0. The number of aromatic hydroxyl groups is 1. The summed E-state index contributed by atoms with van der Waals surface area (Å²) in [7, 11) is 1.51. The molecule has 18 heavy (non-hydrogen) atoms. The highest BCUT2D eigenvalue weighted by molar-refractivity contribution is 6.04. The van der Waals surface area contributed by atoms with Crippen molar-refractivity contribution in [2.24, 2.45) is 0 Å². The van der Waals surface area contributed by atoms with Crippen LogP contribution in [0.1, 0.15) is 10.5 Å². The summed E-state index contributed by atoms with van der Waals surface area (Å²) < 4.78 is 4.90. The zero-order valence-electron chi connectivity index (χ0n) is 9.62. The standard InChI is InChI=1S/C12H11N3O3/c1-18-10-5-4-8(7-14-10)15-12(17)11-9(16)3-2-6-13-11/h2-7,16H,1H3,(H,15,17). The minimum atomic E-state index is -0.500. The van der Waals surface area contributed by atoms with Crippen LogP contribution in [0.15, 0.2) is 36.7 Å². The van der Waals surface area contributed by atoms with E-state index in [9.17, 15) is 9.90 Å². The van der Waals surface area contributed by atoms with Gasteiger partial charge in [0.2, 0.25) is 5.88 Å². The highest BCUT2D eigenvalue weighted by Gasteiger charge is 2.12. The Labute approximate surface area is 103 Å². The lowest BCUT2D eigenvalue weighted by molar-refractivity contribution is 0.101. The highest BCUT2D eigenvalue weighted by Crippen LogP contribution is 2.16. The Morgan fingerprint density at radius 3 is 2.78 bits per heavy atom. The summed E-state index contributed by atoms with van der Waals surface area (Å²) in [5.41, 5.74) is 0.458. The molecule has 2 heterocycles. The number of amides is 1. The molecular weight excluding hydrogens is 234 g/mol. The van der Waals surface area contributed by atoms with E-state index < -0.39 is 5.91 Å². The number of nitrogens with one attached hydrogen (secondary N) is 1. The first-order valence-electron chi connectivity index (χ1n) is 5.16. The van der Waals surface area contributed by atoms with Crippen LogP contribution in [0.25, 0.3) is 0 Å². The average Bonchev–Trinajstić information content (AvgIpc) is 2.40. The molecule has 0 unspecified atom stereocenters. The van der Waals surface area contributed by atoms with E-state index in [1.54, 1.807) is 18.2 Å². The third-order valence-corrected chi connectivity index (χ3v) is 2.20. The van der Waals surface area contributed by atoms with E-state index in [2.05, 4.69) is 15.3 Å². The number of aromatic nitrogens is 2. The number of ether oxygens (including phenoxy) is 1. The summed E-state index contributed by atoms with van der Waals surface area (Å²) >= 11 is 0. The van der Waals surface area contributed by atoms with Gasteiger partial charge in [-0.2, -0.15) is 0 Å². The molecule has 6 heteroatoms. The maximum atomic E-state index is 11.8. The van der Waals surface area contributed by atoms with Crippen molar-refractivity contribution in [3.63, 3.8) is 0 Å². The molecule has 0 aromatic carbocycles. The molecule has 0 saturated heterocycles. The van der Waals surface area contributed by atoms with Crippen LogP contribution in [0, 0.1) is 0 Å². The summed E-state index contributed by atoms with van der Waals surface area (Å²) in [6.07, 6.45) is 2.89. The Morgan fingerprint density at radius 2 is 2.17 bits per heavy atom. The largest absolute Gasteiger partial charge is 0.505 e. The smallest absolute Gasteiger partial charge is 0.278 e. The van der Waals surface area contributed by atoms with Gasteiger partial charge in [0.15, 0.2) is 5.69 Å². The van der Waals surface area contributed by atoms with Crippen molar-refractivity contribution >= 4 is 11.6 Å². The molecule has 0 fully saturated rings. The number of methoxy groups -OCH3 is 1. The number of nitrogens with zero attached hydrogens (tertiary/aromatic N) is 2. The normalized spacial score (nSPS) is 9.83. The third kappa shape index (κ3) is 2.54. The lowest BCUT2D eigenvalue weighted by Gasteiger charge is -2.06. The van der Waals surface area contributed by atoms with Gasteiger partial charge in [0.05, 0.1) is 19.0 Å². The minimum Gasteiger partial charge on any atom is -0.505 e. The predicted octanol–water partition coefficient (Wildman–Crippen LogP) is 1.44. The van der Waals surface area contributed by atoms with Gasteiger partial charge in [0.25, 0.3) is 5.91 Å². The number of rotatable bonds is 3. The van der Waals surface area contributed by atoms with Crippen molar-refractivity contribution in [2.45, 2.75) is 0 Å². The number of carbonyl (C=O) groups excluding carboxylic acids is 1. The maximum Gasteiger partial charge on any atom is 0.278 e. The fraction of sp³-hybridized carbons (Fsp3) is 0.0833. The quantitative estimate of drug-likeness (QED) is 0.854. The zero-order valence-corrected chi connectivity index (χ0v) is 9.62. The van der Waals surface area contributed by atoms with Gasteiger partial charge in [-0.3, -0.25) is 4.79 Å². The van der Waals surface area contributed by atoms with Crippen LogP contribution in [0.5, 0.6) is 11.6 Å². The van der Waals surface area contributed by atoms with Crippen LogP contribution >= 0.6 is 0 Å². The summed E-state index contributed by atoms with van der Waals surface area (Å²) in [4.78, 5) is 19.5. The Balaban J connectivity index is 2.14. The molecule has 2 aromatic rings. The molecule has 92 valence electrons. The van der Waals surface area contributed by atoms with Crippen LogP contribution < -0.4 is 10.1 Å². The van der Waals surface area contributed by atoms with E-state index in [0.29, 0.717) is 11.6 Å². The second kappa shape index (κ2) is 5.13. The third-order valence-electron chi connectivity index (χ3n) is 2.20. The summed E-state index contributed by atoms with van der Waals surface area (Å²) in [5.74, 6) is -0.217. The lowest BCUT2D eigenvalue weighted by Crippen LogP contribution is -2.13. The first-order valence-corrected chi connectivity index (χ1v) is 5.16. The van der Waals surface area contributed by atoms with Crippen molar-refractivity contribution in [1.82, 2.24) is 9.97 Å². The van der Waals surface area contributed by atoms with Gasteiger partial charge >= 0.3 is 0 Å². The molecule has 0 saturated carbocycles. The second-order valence-corrected chi connectivity index (χ2v) is 3.41. The first-order chi connectivity index (χ1) is 8.70. The fourth-order valence-electron chi connectivity index (χ4n) is 1.34. The van der Waals surface area contributed by atoms with Crippen LogP contribution in [-0.4, -0.2) is 28.1 Å². The Kier molecular flexibility index (Phi) is 3.38. The molecule has 6 nitrogen and oxygen atoms in total. The molecule has 0 radical (unpaired) electrons. The van der Waals surface area contributed by atoms with Crippen LogP contribution in [-0.2, 0) is 0 Å². The molecule has 0 bridgehead atoms. The van der Waals surface area contributed by atoms with E-state index in [1.807, 2.05) is 0 Å². The maximum absolute atomic E-state index is 11.8. The van der Waals surface area contributed by atoms with Gasteiger partial charge in [0, 0.05) is 12.3 Å². The average molecular weight is 245 g/mol. The van der Waals surface area contributed by atoms with E-state index in [0.717, 1.165) is 0 Å². The second-order valence-electron chi connectivity index (χ2n) is 3.41. The molecule has 0 atom stereocenters. The van der Waals surface area contributed by atoms with E-state index in [1.165, 1.54) is 25.6 Å². The van der Waals surface area contributed by atoms with Crippen LogP contribution in [0.2, 0.25) is 0 Å². The van der Waals surface area contributed by atoms with Crippen molar-refractivity contribution in [3.8, 4) is 11.6 Å². The number of hydrogen-bond acceptors (Lipinski definition) is 5. The minimum absolute atomic E-state index is 0.0340. The Hall–Kier alpha value is -2.63. The molecule has 2 rings (SSSR count). The zero-order chi connectivity index (χ0) is 13.0. The van der Waals surface area contributed by atoms with E-state index >= 15 is 0 Å². The molecule has 2 N–H and O–H groups in total. The summed E-state index contributed by atoms with van der Waals surface area (Å²) in [5, 5.41) is 12.1. The Bertz CT molecular complexity index is 555. The van der Waals surface area contributed by atoms with Crippen LogP contribution in [0.4, 0.5) is 5.69 Å². The molecule has 0 spiro atoms. The SMILES string of the molecule is COc1ccc(NC(=O)c2ncccc2O)cn1. The monoisotopic (exact) mass is 245 g/mol. The summed E-state index contributed by atoms with van der Waals surface area (Å²) in [6, 6.07) is 6.20. The molecule has 0 aliphatic heterocycles. The topological polar surface area (TPSA) is 84.3 Å². The van der Waals surface area contributed by atoms with E-state index in [-0.39, 0.29) is 11.4 Å². The van der Waals surface area contributed by atoms with Gasteiger partial charge in [-0.05, 0) is 18.2 Å². The number of hydrogen-bond donors (Lipinski definition) is 2. The first kappa shape index (κ1) is 11.8. The Morgan fingerprint density at radius 1 is 1.33 bits per heavy atom. The highest BCUT2D eigenvalue weighted by atomic mass is 16.5. The van der Waals surface area contributed by atoms with Gasteiger partial charge in [-0.25, -0.2) is 9.97 Å². The van der Waals surface area contributed by atoms with Crippen molar-refractivity contribution in [1.29, 1.82) is 0 Å². The van der Waals surface area contributed by atoms with E-state index in [4.69, 9.17) is 4.74 Å². The van der Waals surface area contributed by atoms with Gasteiger partial charge < -0.3 is 15.2 Å².